The van der Waals surface area contributed by atoms with Crippen molar-refractivity contribution in [2.45, 2.75) is 39.0 Å². The number of amides is 2. The van der Waals surface area contributed by atoms with Gasteiger partial charge >= 0.3 is 0 Å². The first-order valence-corrected chi connectivity index (χ1v) is 9.68. The zero-order valence-electron chi connectivity index (χ0n) is 16.3. The molecule has 6 nitrogen and oxygen atoms in total. The van der Waals surface area contributed by atoms with Crippen LogP contribution in [0.2, 0.25) is 0 Å². The first kappa shape index (κ1) is 20.8. The summed E-state index contributed by atoms with van der Waals surface area (Å²) in [6.45, 7) is 4.56. The van der Waals surface area contributed by atoms with Gasteiger partial charge in [-0.15, -0.1) is 0 Å². The molecule has 6 heteroatoms. The molecule has 1 saturated heterocycles. The fourth-order valence-corrected chi connectivity index (χ4v) is 3.05. The predicted octanol–water partition coefficient (Wildman–Crippen LogP) is 3.02. The van der Waals surface area contributed by atoms with Gasteiger partial charge in [-0.1, -0.05) is 12.5 Å². The SMILES string of the molecule is CCOc1cc(/C=C/C(=O)NCCCN2CCCCCC2=O)ccc1OC. The Labute approximate surface area is 161 Å². The van der Waals surface area contributed by atoms with Crippen LogP contribution in [0.15, 0.2) is 24.3 Å². The van der Waals surface area contributed by atoms with Gasteiger partial charge in [0.05, 0.1) is 13.7 Å². The molecular formula is C21H30N2O4. The average molecular weight is 374 g/mol. The lowest BCUT2D eigenvalue weighted by Crippen LogP contribution is -2.33. The lowest BCUT2D eigenvalue weighted by atomic mass is 10.2. The Morgan fingerprint density at radius 1 is 1.26 bits per heavy atom. The molecule has 148 valence electrons. The van der Waals surface area contributed by atoms with Crippen molar-refractivity contribution in [2.24, 2.45) is 0 Å². The number of methoxy groups -OCH3 is 1. The van der Waals surface area contributed by atoms with E-state index in [1.165, 1.54) is 6.08 Å². The number of hydrogen-bond donors (Lipinski definition) is 1. The average Bonchev–Trinajstić information content (AvgIpc) is 2.88. The molecule has 0 aromatic heterocycles. The number of carbonyl (C=O) groups excluding carboxylic acids is 2. The molecule has 0 bridgehead atoms. The van der Waals surface area contributed by atoms with Gasteiger partial charge < -0.3 is 19.7 Å². The topological polar surface area (TPSA) is 67.9 Å². The Hall–Kier alpha value is -2.50. The van der Waals surface area contributed by atoms with Crippen molar-refractivity contribution in [1.82, 2.24) is 10.2 Å². The Balaban J connectivity index is 1.76. The number of benzene rings is 1. The molecule has 1 aromatic carbocycles. The molecule has 0 saturated carbocycles. The maximum Gasteiger partial charge on any atom is 0.244 e. The monoisotopic (exact) mass is 374 g/mol. The van der Waals surface area contributed by atoms with E-state index in [1.54, 1.807) is 13.2 Å². The molecule has 1 N–H and O–H groups in total. The van der Waals surface area contributed by atoms with Crippen LogP contribution in [0.25, 0.3) is 6.08 Å². The van der Waals surface area contributed by atoms with E-state index < -0.39 is 0 Å². The normalized spacial score (nSPS) is 14.9. The van der Waals surface area contributed by atoms with Crippen LogP contribution in [-0.2, 0) is 9.59 Å². The van der Waals surface area contributed by atoms with E-state index in [1.807, 2.05) is 30.0 Å². The molecular weight excluding hydrogens is 344 g/mol. The van der Waals surface area contributed by atoms with E-state index in [2.05, 4.69) is 5.32 Å². The second-order valence-electron chi connectivity index (χ2n) is 6.51. The van der Waals surface area contributed by atoms with E-state index in [0.29, 0.717) is 37.6 Å². The summed E-state index contributed by atoms with van der Waals surface area (Å²) in [7, 11) is 1.60. The highest BCUT2D eigenvalue weighted by atomic mass is 16.5. The second-order valence-corrected chi connectivity index (χ2v) is 6.51. The van der Waals surface area contributed by atoms with E-state index in [4.69, 9.17) is 9.47 Å². The minimum atomic E-state index is -0.147. The smallest absolute Gasteiger partial charge is 0.244 e. The molecule has 1 aromatic rings. The fourth-order valence-electron chi connectivity index (χ4n) is 3.05. The lowest BCUT2D eigenvalue weighted by Gasteiger charge is -2.20. The van der Waals surface area contributed by atoms with Gasteiger partial charge in [-0.25, -0.2) is 0 Å². The Bertz CT molecular complexity index is 658. The lowest BCUT2D eigenvalue weighted by molar-refractivity contribution is -0.130. The summed E-state index contributed by atoms with van der Waals surface area (Å²) < 4.78 is 10.8. The van der Waals surface area contributed by atoms with Crippen LogP contribution < -0.4 is 14.8 Å². The molecule has 2 amide bonds. The molecule has 0 radical (unpaired) electrons. The summed E-state index contributed by atoms with van der Waals surface area (Å²) in [5, 5.41) is 2.87. The van der Waals surface area contributed by atoms with E-state index >= 15 is 0 Å². The van der Waals surface area contributed by atoms with Crippen LogP contribution in [0.5, 0.6) is 11.5 Å². The standard InChI is InChI=1S/C21H30N2O4/c1-3-27-19-16-17(9-11-18(19)26-2)10-12-20(24)22-13-7-15-23-14-6-4-5-8-21(23)25/h9-12,16H,3-8,13-15H2,1-2H3,(H,22,24)/b12-10+. The van der Waals surface area contributed by atoms with E-state index in [9.17, 15) is 9.59 Å². The predicted molar refractivity (Wildman–Crippen MR) is 106 cm³/mol. The maximum atomic E-state index is 12.0. The summed E-state index contributed by atoms with van der Waals surface area (Å²) in [6.07, 6.45) is 7.87. The number of nitrogens with one attached hydrogen (secondary N) is 1. The van der Waals surface area contributed by atoms with Gasteiger partial charge in [0.15, 0.2) is 11.5 Å². The van der Waals surface area contributed by atoms with Gasteiger partial charge in [0, 0.05) is 32.1 Å². The number of ether oxygens (including phenoxy) is 2. The zero-order chi connectivity index (χ0) is 19.5. The molecule has 1 heterocycles. The van der Waals surface area contributed by atoms with Crippen LogP contribution in [0.3, 0.4) is 0 Å². The van der Waals surface area contributed by atoms with Crippen LogP contribution in [0, 0.1) is 0 Å². The quantitative estimate of drug-likeness (QED) is 0.533. The van der Waals surface area contributed by atoms with Gasteiger partial charge in [0.2, 0.25) is 11.8 Å². The van der Waals surface area contributed by atoms with Crippen LogP contribution in [0.4, 0.5) is 0 Å². The highest BCUT2D eigenvalue weighted by molar-refractivity contribution is 5.91. The van der Waals surface area contributed by atoms with Crippen molar-refractivity contribution in [3.05, 3.63) is 29.8 Å². The summed E-state index contributed by atoms with van der Waals surface area (Å²) in [4.78, 5) is 25.8. The zero-order valence-corrected chi connectivity index (χ0v) is 16.3. The number of rotatable bonds is 9. The summed E-state index contributed by atoms with van der Waals surface area (Å²) in [6, 6.07) is 5.54. The number of likely N-dealkylation sites (tertiary alicyclic amines) is 1. The van der Waals surface area contributed by atoms with Gasteiger partial charge in [-0.05, 0) is 50.0 Å². The summed E-state index contributed by atoms with van der Waals surface area (Å²) in [5.74, 6) is 1.42. The molecule has 0 aliphatic carbocycles. The van der Waals surface area contributed by atoms with Crippen molar-refractivity contribution >= 4 is 17.9 Å². The third-order valence-electron chi connectivity index (χ3n) is 4.49. The van der Waals surface area contributed by atoms with E-state index in [0.717, 1.165) is 37.8 Å². The maximum absolute atomic E-state index is 12.0. The Morgan fingerprint density at radius 2 is 2.11 bits per heavy atom. The fraction of sp³-hybridized carbons (Fsp3) is 0.524. The molecule has 1 fully saturated rings. The second kappa shape index (κ2) is 11.3. The Morgan fingerprint density at radius 3 is 2.89 bits per heavy atom. The van der Waals surface area contributed by atoms with Crippen LogP contribution in [-0.4, -0.2) is 50.1 Å². The van der Waals surface area contributed by atoms with Crippen molar-refractivity contribution < 1.29 is 19.1 Å². The molecule has 1 aliphatic rings. The Kier molecular flexibility index (Phi) is 8.68. The van der Waals surface area contributed by atoms with Crippen LogP contribution in [0.1, 0.15) is 44.6 Å². The summed E-state index contributed by atoms with van der Waals surface area (Å²) >= 11 is 0. The first-order valence-electron chi connectivity index (χ1n) is 9.68. The van der Waals surface area contributed by atoms with Crippen molar-refractivity contribution in [1.29, 1.82) is 0 Å². The van der Waals surface area contributed by atoms with Gasteiger partial charge in [0.25, 0.3) is 0 Å². The number of nitrogens with zero attached hydrogens (tertiary/aromatic N) is 1. The highest BCUT2D eigenvalue weighted by Crippen LogP contribution is 2.28. The molecule has 27 heavy (non-hydrogen) atoms. The minimum absolute atomic E-state index is 0.147. The molecule has 2 rings (SSSR count). The van der Waals surface area contributed by atoms with E-state index in [-0.39, 0.29) is 11.8 Å². The largest absolute Gasteiger partial charge is 0.493 e. The number of hydrogen-bond acceptors (Lipinski definition) is 4. The first-order chi connectivity index (χ1) is 13.1. The highest BCUT2D eigenvalue weighted by Gasteiger charge is 2.15. The minimum Gasteiger partial charge on any atom is -0.493 e. The molecule has 0 unspecified atom stereocenters. The molecule has 0 atom stereocenters. The van der Waals surface area contributed by atoms with Crippen molar-refractivity contribution in [2.75, 3.05) is 33.4 Å². The third-order valence-corrected chi connectivity index (χ3v) is 4.49. The third kappa shape index (κ3) is 6.96. The molecule has 1 aliphatic heterocycles. The van der Waals surface area contributed by atoms with Crippen molar-refractivity contribution in [3.8, 4) is 11.5 Å². The van der Waals surface area contributed by atoms with Gasteiger partial charge in [-0.2, -0.15) is 0 Å². The van der Waals surface area contributed by atoms with Gasteiger partial charge in [0.1, 0.15) is 0 Å². The van der Waals surface area contributed by atoms with Gasteiger partial charge in [-0.3, -0.25) is 9.59 Å². The molecule has 0 spiro atoms. The van der Waals surface area contributed by atoms with Crippen molar-refractivity contribution in [3.63, 3.8) is 0 Å². The van der Waals surface area contributed by atoms with Crippen LogP contribution >= 0.6 is 0 Å². The summed E-state index contributed by atoms with van der Waals surface area (Å²) in [5.41, 5.74) is 0.865. The number of carbonyl (C=O) groups is 2.